The zero-order valence-electron chi connectivity index (χ0n) is 11.8. The van der Waals surface area contributed by atoms with Crippen LogP contribution in [0.5, 0.6) is 0 Å². The Labute approximate surface area is 135 Å². The molecule has 0 aliphatic rings. The number of benzene rings is 1. The maximum Gasteiger partial charge on any atom is 0.0937 e. The Kier molecular flexibility index (Phi) is 5.48. The van der Waals surface area contributed by atoms with Crippen LogP contribution in [0, 0.1) is 19.3 Å². The summed E-state index contributed by atoms with van der Waals surface area (Å²) in [5.74, 6) is 1.09. The monoisotopic (exact) mass is 327 g/mol. The van der Waals surface area contributed by atoms with Crippen molar-refractivity contribution in [3.63, 3.8) is 0 Å². The van der Waals surface area contributed by atoms with E-state index < -0.39 is 0 Å². The molecule has 0 N–H and O–H groups in total. The van der Waals surface area contributed by atoms with E-state index >= 15 is 0 Å². The second-order valence-corrected chi connectivity index (χ2v) is 7.18. The predicted octanol–water partition coefficient (Wildman–Crippen LogP) is 5.01. The molecule has 1 aromatic carbocycles. The van der Waals surface area contributed by atoms with Gasteiger partial charge in [-0.3, -0.25) is 0 Å². The molecule has 0 fully saturated rings. The van der Waals surface area contributed by atoms with Gasteiger partial charge in [-0.15, -0.1) is 34.5 Å². The summed E-state index contributed by atoms with van der Waals surface area (Å²) in [5.41, 5.74) is 2.27. The van der Waals surface area contributed by atoms with Crippen molar-refractivity contribution in [3.05, 3.63) is 51.5 Å². The molecule has 0 atom stereocenters. The van der Waals surface area contributed by atoms with Gasteiger partial charge in [-0.1, -0.05) is 30.3 Å². The lowest BCUT2D eigenvalue weighted by molar-refractivity contribution is 0.373. The van der Waals surface area contributed by atoms with Gasteiger partial charge in [0, 0.05) is 28.5 Å². The molecule has 0 spiro atoms. The van der Waals surface area contributed by atoms with Gasteiger partial charge < -0.3 is 0 Å². The maximum atomic E-state index is 6.26. The Balaban J connectivity index is 2.20. The second-order valence-electron chi connectivity index (χ2n) is 5.36. The Bertz CT molecular complexity index is 527. The Morgan fingerprint density at radius 1 is 1.05 bits per heavy atom. The Morgan fingerprint density at radius 2 is 1.70 bits per heavy atom. The first-order valence-electron chi connectivity index (χ1n) is 6.67. The number of rotatable bonds is 6. The molecule has 108 valence electrons. The highest BCUT2D eigenvalue weighted by atomic mass is 35.5. The maximum absolute atomic E-state index is 6.26. The van der Waals surface area contributed by atoms with Gasteiger partial charge in [-0.05, 0) is 25.8 Å². The molecule has 0 unspecified atom stereocenters. The molecular formula is C16H19Cl2NS. The SMILES string of the molecule is Cc1nc(CC(CCl)(CCl)Cc2ccccc2)sc1C. The fraction of sp³-hybridized carbons (Fsp3) is 0.438. The normalized spacial score (nSPS) is 11.8. The van der Waals surface area contributed by atoms with E-state index in [4.69, 9.17) is 23.2 Å². The molecule has 0 amide bonds. The van der Waals surface area contributed by atoms with Crippen LogP contribution in [0.4, 0.5) is 0 Å². The summed E-state index contributed by atoms with van der Waals surface area (Å²) in [5, 5.41) is 1.14. The van der Waals surface area contributed by atoms with Crippen LogP contribution in [0.1, 0.15) is 21.1 Å². The molecular weight excluding hydrogens is 309 g/mol. The molecule has 20 heavy (non-hydrogen) atoms. The number of hydrogen-bond donors (Lipinski definition) is 0. The van der Waals surface area contributed by atoms with Gasteiger partial charge in [0.25, 0.3) is 0 Å². The lowest BCUT2D eigenvalue weighted by Crippen LogP contribution is -2.30. The quantitative estimate of drug-likeness (QED) is 0.679. The molecule has 2 rings (SSSR count). The van der Waals surface area contributed by atoms with E-state index in [1.54, 1.807) is 11.3 Å². The first-order valence-corrected chi connectivity index (χ1v) is 8.56. The molecule has 2 aromatic rings. The van der Waals surface area contributed by atoms with Crippen molar-refractivity contribution in [1.82, 2.24) is 4.98 Å². The standard InChI is InChI=1S/C16H19Cl2NS/c1-12-13(2)20-15(19-12)9-16(10-17,11-18)8-14-6-4-3-5-7-14/h3-7H,8-11H2,1-2H3. The number of aryl methyl sites for hydroxylation is 2. The molecule has 1 heterocycles. The van der Waals surface area contributed by atoms with Crippen molar-refractivity contribution in [1.29, 1.82) is 0 Å². The highest BCUT2D eigenvalue weighted by Crippen LogP contribution is 2.33. The van der Waals surface area contributed by atoms with Crippen molar-refractivity contribution >= 4 is 34.5 Å². The largest absolute Gasteiger partial charge is 0.246 e. The number of halogens is 2. The van der Waals surface area contributed by atoms with Crippen molar-refractivity contribution in [2.24, 2.45) is 5.41 Å². The molecule has 0 saturated carbocycles. The minimum absolute atomic E-state index is 0.124. The predicted molar refractivity (Wildman–Crippen MR) is 89.3 cm³/mol. The fourth-order valence-electron chi connectivity index (χ4n) is 2.25. The van der Waals surface area contributed by atoms with Crippen molar-refractivity contribution in [2.75, 3.05) is 11.8 Å². The Hall–Kier alpha value is -0.570. The highest BCUT2D eigenvalue weighted by Gasteiger charge is 2.30. The minimum atomic E-state index is -0.124. The van der Waals surface area contributed by atoms with Crippen LogP contribution >= 0.6 is 34.5 Å². The molecule has 1 nitrogen and oxygen atoms in total. The average Bonchev–Trinajstić information content (AvgIpc) is 2.77. The summed E-state index contributed by atoms with van der Waals surface area (Å²) in [6.07, 6.45) is 1.73. The van der Waals surface area contributed by atoms with E-state index in [1.807, 2.05) is 6.07 Å². The first-order chi connectivity index (χ1) is 9.58. The van der Waals surface area contributed by atoms with Crippen LogP contribution in [0.2, 0.25) is 0 Å². The van der Waals surface area contributed by atoms with Crippen LogP contribution < -0.4 is 0 Å². The third kappa shape index (κ3) is 3.75. The van der Waals surface area contributed by atoms with Gasteiger partial charge >= 0.3 is 0 Å². The van der Waals surface area contributed by atoms with E-state index in [2.05, 4.69) is 43.1 Å². The van der Waals surface area contributed by atoms with Gasteiger partial charge in [0.2, 0.25) is 0 Å². The topological polar surface area (TPSA) is 12.9 Å². The Morgan fingerprint density at radius 3 is 2.20 bits per heavy atom. The van der Waals surface area contributed by atoms with Gasteiger partial charge in [-0.2, -0.15) is 0 Å². The molecule has 0 bridgehead atoms. The average molecular weight is 328 g/mol. The molecule has 0 radical (unpaired) electrons. The summed E-state index contributed by atoms with van der Waals surface area (Å²) in [4.78, 5) is 5.91. The molecule has 0 aliphatic carbocycles. The number of thiazole rings is 1. The summed E-state index contributed by atoms with van der Waals surface area (Å²) >= 11 is 14.3. The molecule has 4 heteroatoms. The van der Waals surface area contributed by atoms with Gasteiger partial charge in [0.05, 0.1) is 10.7 Å². The number of hydrogen-bond acceptors (Lipinski definition) is 2. The third-order valence-electron chi connectivity index (χ3n) is 3.59. The summed E-state index contributed by atoms with van der Waals surface area (Å²) < 4.78 is 0. The zero-order chi connectivity index (χ0) is 14.6. The first kappa shape index (κ1) is 15.8. The second kappa shape index (κ2) is 6.93. The fourth-order valence-corrected chi connectivity index (χ4v) is 4.02. The molecule has 0 saturated heterocycles. The zero-order valence-corrected chi connectivity index (χ0v) is 14.2. The van der Waals surface area contributed by atoms with E-state index in [9.17, 15) is 0 Å². The number of nitrogens with zero attached hydrogens (tertiary/aromatic N) is 1. The smallest absolute Gasteiger partial charge is 0.0937 e. The summed E-state index contributed by atoms with van der Waals surface area (Å²) in [6, 6.07) is 10.4. The lowest BCUT2D eigenvalue weighted by atomic mass is 9.82. The van der Waals surface area contributed by atoms with E-state index in [0.29, 0.717) is 11.8 Å². The molecule has 0 aliphatic heterocycles. The summed E-state index contributed by atoms with van der Waals surface area (Å²) in [6.45, 7) is 4.16. The van der Waals surface area contributed by atoms with Crippen LogP contribution in [-0.2, 0) is 12.8 Å². The van der Waals surface area contributed by atoms with Gasteiger partial charge in [-0.25, -0.2) is 4.98 Å². The molecule has 1 aromatic heterocycles. The highest BCUT2D eigenvalue weighted by molar-refractivity contribution is 7.11. The van der Waals surface area contributed by atoms with Crippen molar-refractivity contribution < 1.29 is 0 Å². The van der Waals surface area contributed by atoms with Gasteiger partial charge in [0.15, 0.2) is 0 Å². The van der Waals surface area contributed by atoms with E-state index in [0.717, 1.165) is 23.5 Å². The van der Waals surface area contributed by atoms with E-state index in [-0.39, 0.29) is 5.41 Å². The van der Waals surface area contributed by atoms with Crippen LogP contribution in [0.3, 0.4) is 0 Å². The van der Waals surface area contributed by atoms with Gasteiger partial charge in [0.1, 0.15) is 0 Å². The summed E-state index contributed by atoms with van der Waals surface area (Å²) in [7, 11) is 0. The van der Waals surface area contributed by atoms with Crippen LogP contribution in [0.25, 0.3) is 0 Å². The lowest BCUT2D eigenvalue weighted by Gasteiger charge is -2.29. The van der Waals surface area contributed by atoms with Crippen LogP contribution in [-0.4, -0.2) is 16.7 Å². The van der Waals surface area contributed by atoms with Crippen molar-refractivity contribution in [2.45, 2.75) is 26.7 Å². The third-order valence-corrected chi connectivity index (χ3v) is 5.79. The number of aromatic nitrogens is 1. The minimum Gasteiger partial charge on any atom is -0.246 e. The van der Waals surface area contributed by atoms with E-state index in [1.165, 1.54) is 10.4 Å². The van der Waals surface area contributed by atoms with Crippen LogP contribution in [0.15, 0.2) is 30.3 Å². The number of alkyl halides is 2. The van der Waals surface area contributed by atoms with Crippen molar-refractivity contribution in [3.8, 4) is 0 Å².